The van der Waals surface area contributed by atoms with Gasteiger partial charge in [0.05, 0.1) is 7.11 Å². The van der Waals surface area contributed by atoms with Crippen LogP contribution in [0.5, 0.6) is 5.75 Å². The third-order valence-electron chi connectivity index (χ3n) is 4.51. The Labute approximate surface area is 179 Å². The Morgan fingerprint density at radius 3 is 2.04 bits per heavy atom. The summed E-state index contributed by atoms with van der Waals surface area (Å²) in [6, 6.07) is 17.0. The summed E-state index contributed by atoms with van der Waals surface area (Å²) in [5.41, 5.74) is 2.60. The van der Waals surface area contributed by atoms with E-state index in [0.29, 0.717) is 0 Å². The number of nitrogens with zero attached hydrogens (tertiary/aromatic N) is 1. The van der Waals surface area contributed by atoms with Crippen LogP contribution in [0.4, 0.5) is 5.69 Å². The number of rotatable bonds is 11. The van der Waals surface area contributed by atoms with Gasteiger partial charge < -0.3 is 9.64 Å². The molecular weight excluding hydrogens is 422 g/mol. The molecule has 0 heterocycles. The minimum atomic E-state index is 0.909. The summed E-state index contributed by atoms with van der Waals surface area (Å²) in [6.45, 7) is 4.30. The number of benzene rings is 2. The van der Waals surface area contributed by atoms with E-state index in [-0.39, 0.29) is 0 Å². The molecule has 0 fully saturated rings. The summed E-state index contributed by atoms with van der Waals surface area (Å²) in [6.07, 6.45) is 9.41. The second-order valence-electron chi connectivity index (χ2n) is 6.51. The van der Waals surface area contributed by atoms with Crippen molar-refractivity contribution >= 4 is 33.2 Å². The molecule has 150 valence electrons. The second kappa shape index (κ2) is 14.8. The van der Waals surface area contributed by atoms with Gasteiger partial charge in [0.2, 0.25) is 0 Å². The number of anilines is 1. The Bertz CT molecular complexity index is 601. The molecule has 2 aromatic rings. The average Bonchev–Trinajstić information content (AvgIpc) is 2.73. The van der Waals surface area contributed by atoms with Gasteiger partial charge in [0.15, 0.2) is 0 Å². The lowest BCUT2D eigenvalue weighted by Gasteiger charge is -2.25. The van der Waals surface area contributed by atoms with Crippen LogP contribution in [0.1, 0.15) is 51.0 Å². The highest BCUT2D eigenvalue weighted by molar-refractivity contribution is 9.10. The lowest BCUT2D eigenvalue weighted by molar-refractivity contribution is 0.415. The molecule has 2 nitrogen and oxygen atoms in total. The minimum Gasteiger partial charge on any atom is -0.497 e. The van der Waals surface area contributed by atoms with Crippen LogP contribution in [-0.4, -0.2) is 20.0 Å². The molecule has 0 unspecified atom stereocenters. The highest BCUT2D eigenvalue weighted by atomic mass is 79.9. The van der Waals surface area contributed by atoms with Gasteiger partial charge in [-0.1, -0.05) is 67.1 Å². The molecule has 0 N–H and O–H groups in total. The molecule has 27 heavy (non-hydrogen) atoms. The van der Waals surface area contributed by atoms with Crippen LogP contribution in [0.2, 0.25) is 0 Å². The first-order valence-electron chi connectivity index (χ1n) is 9.74. The zero-order valence-electron chi connectivity index (χ0n) is 16.9. The number of hydrogen-bond donors (Lipinski definition) is 0. The Kier molecular flexibility index (Phi) is 13.1. The van der Waals surface area contributed by atoms with Gasteiger partial charge in [0, 0.05) is 29.6 Å². The third kappa shape index (κ3) is 9.53. The van der Waals surface area contributed by atoms with Gasteiger partial charge in [0.1, 0.15) is 5.75 Å². The SMILES string of the molecule is CCCCCCCCN(Cc1ccc(Br)cc1)c1ccc(OC)cc1.CCl. The molecule has 4 heteroatoms. The molecule has 0 aliphatic carbocycles. The van der Waals surface area contributed by atoms with E-state index in [9.17, 15) is 0 Å². The van der Waals surface area contributed by atoms with Gasteiger partial charge >= 0.3 is 0 Å². The van der Waals surface area contributed by atoms with Gasteiger partial charge in [-0.15, -0.1) is 11.6 Å². The van der Waals surface area contributed by atoms with Crippen molar-refractivity contribution in [1.82, 2.24) is 0 Å². The molecule has 0 bridgehead atoms. The molecule has 0 saturated carbocycles. The van der Waals surface area contributed by atoms with Crippen LogP contribution < -0.4 is 9.64 Å². The van der Waals surface area contributed by atoms with Gasteiger partial charge in [0.25, 0.3) is 0 Å². The quantitative estimate of drug-likeness (QED) is 0.255. The van der Waals surface area contributed by atoms with E-state index in [1.165, 1.54) is 56.2 Å². The maximum atomic E-state index is 5.29. The van der Waals surface area contributed by atoms with E-state index in [4.69, 9.17) is 4.74 Å². The molecule has 2 aromatic carbocycles. The van der Waals surface area contributed by atoms with E-state index < -0.39 is 0 Å². The standard InChI is InChI=1S/C22H30BrNO.CH3Cl/c1-3-4-5-6-7-8-17-24(18-19-9-11-20(23)12-10-19)21-13-15-22(25-2)16-14-21;1-2/h9-16H,3-8,17-18H2,1-2H3;1H3. The largest absolute Gasteiger partial charge is 0.497 e. The maximum absolute atomic E-state index is 5.29. The molecule has 0 saturated heterocycles. The molecule has 2 rings (SSSR count). The van der Waals surface area contributed by atoms with E-state index in [1.807, 2.05) is 12.1 Å². The molecule has 0 atom stereocenters. The van der Waals surface area contributed by atoms with Crippen molar-refractivity contribution in [2.24, 2.45) is 0 Å². The first-order valence-corrected chi connectivity index (χ1v) is 11.3. The molecule has 0 aliphatic rings. The molecule has 0 aliphatic heterocycles. The third-order valence-corrected chi connectivity index (χ3v) is 5.03. The first kappa shape index (κ1) is 23.8. The van der Waals surface area contributed by atoms with Gasteiger partial charge in [-0.25, -0.2) is 0 Å². The molecule has 0 amide bonds. The van der Waals surface area contributed by atoms with Crippen LogP contribution >= 0.6 is 27.5 Å². The highest BCUT2D eigenvalue weighted by Gasteiger charge is 2.08. The van der Waals surface area contributed by atoms with Crippen molar-refractivity contribution in [2.45, 2.75) is 52.0 Å². The van der Waals surface area contributed by atoms with Crippen LogP contribution in [0.15, 0.2) is 53.0 Å². The summed E-state index contributed by atoms with van der Waals surface area (Å²) in [4.78, 5) is 2.47. The van der Waals surface area contributed by atoms with Gasteiger partial charge in [-0.2, -0.15) is 0 Å². The lowest BCUT2D eigenvalue weighted by atomic mass is 10.1. The average molecular weight is 455 g/mol. The van der Waals surface area contributed by atoms with Gasteiger partial charge in [-0.3, -0.25) is 0 Å². The van der Waals surface area contributed by atoms with Crippen molar-refractivity contribution in [3.63, 3.8) is 0 Å². The molecule has 0 aromatic heterocycles. The molecular formula is C23H33BrClNO. The van der Waals surface area contributed by atoms with Gasteiger partial charge in [-0.05, 0) is 48.4 Å². The van der Waals surface area contributed by atoms with E-state index in [1.54, 1.807) is 7.11 Å². The van der Waals surface area contributed by atoms with E-state index in [0.717, 1.165) is 23.3 Å². The topological polar surface area (TPSA) is 12.5 Å². The normalized spacial score (nSPS) is 10.1. The smallest absolute Gasteiger partial charge is 0.119 e. The van der Waals surface area contributed by atoms with E-state index in [2.05, 4.69) is 75.8 Å². The zero-order valence-corrected chi connectivity index (χ0v) is 19.2. The number of alkyl halides is 1. The number of halogens is 2. The summed E-state index contributed by atoms with van der Waals surface area (Å²) in [7, 11) is 1.71. The Balaban J connectivity index is 0.00000176. The number of methoxy groups -OCH3 is 1. The lowest BCUT2D eigenvalue weighted by Crippen LogP contribution is -2.23. The second-order valence-corrected chi connectivity index (χ2v) is 7.43. The first-order chi connectivity index (χ1) is 13.2. The fraction of sp³-hybridized carbons (Fsp3) is 0.478. The number of unbranched alkanes of at least 4 members (excludes halogenated alkanes) is 5. The zero-order chi connectivity index (χ0) is 19.9. The van der Waals surface area contributed by atoms with E-state index >= 15 is 0 Å². The summed E-state index contributed by atoms with van der Waals surface area (Å²) in [5, 5.41) is 0. The van der Waals surface area contributed by atoms with Crippen LogP contribution in [0.3, 0.4) is 0 Å². The molecule has 0 spiro atoms. The Morgan fingerprint density at radius 2 is 1.44 bits per heavy atom. The van der Waals surface area contributed by atoms with Crippen molar-refractivity contribution in [2.75, 3.05) is 24.9 Å². The van der Waals surface area contributed by atoms with Crippen molar-refractivity contribution < 1.29 is 4.74 Å². The number of hydrogen-bond acceptors (Lipinski definition) is 2. The summed E-state index contributed by atoms with van der Waals surface area (Å²) in [5.74, 6) is 0.909. The maximum Gasteiger partial charge on any atom is 0.119 e. The summed E-state index contributed by atoms with van der Waals surface area (Å²) >= 11 is 8.16. The minimum absolute atomic E-state index is 0.909. The van der Waals surface area contributed by atoms with Crippen molar-refractivity contribution in [3.05, 3.63) is 58.6 Å². The van der Waals surface area contributed by atoms with Crippen LogP contribution in [-0.2, 0) is 6.54 Å². The Hall–Kier alpha value is -1.19. The fourth-order valence-electron chi connectivity index (χ4n) is 2.99. The predicted molar refractivity (Wildman–Crippen MR) is 123 cm³/mol. The number of ether oxygens (including phenoxy) is 1. The predicted octanol–water partition coefficient (Wildman–Crippen LogP) is 7.68. The summed E-state index contributed by atoms with van der Waals surface area (Å²) < 4.78 is 6.42. The van der Waals surface area contributed by atoms with Crippen LogP contribution in [0.25, 0.3) is 0 Å². The van der Waals surface area contributed by atoms with Crippen molar-refractivity contribution in [3.8, 4) is 5.75 Å². The van der Waals surface area contributed by atoms with Crippen LogP contribution in [0, 0.1) is 0 Å². The Morgan fingerprint density at radius 1 is 0.852 bits per heavy atom. The fourth-order valence-corrected chi connectivity index (χ4v) is 3.25. The highest BCUT2D eigenvalue weighted by Crippen LogP contribution is 2.22. The molecule has 0 radical (unpaired) electrons. The van der Waals surface area contributed by atoms with Crippen molar-refractivity contribution in [1.29, 1.82) is 0 Å². The monoisotopic (exact) mass is 453 g/mol.